The Bertz CT molecular complexity index is 548. The fraction of sp³-hybridized carbons (Fsp3) is 0.571. The molecule has 1 saturated carbocycles. The standard InChI is InChI=1S/C14H19BrN2O3/c1-16-14(19)9-3-5-10(6-4-9)20-12-7-13(18)17(2)8-11(12)15/h7-10H,3-6H2,1-2H3,(H,16,19)/t9-,10-. The zero-order valence-electron chi connectivity index (χ0n) is 11.7. The second kappa shape index (κ2) is 6.43. The first-order valence-electron chi connectivity index (χ1n) is 6.75. The zero-order chi connectivity index (χ0) is 14.7. The van der Waals surface area contributed by atoms with E-state index in [1.807, 2.05) is 0 Å². The summed E-state index contributed by atoms with van der Waals surface area (Å²) >= 11 is 3.41. The lowest BCUT2D eigenvalue weighted by Crippen LogP contribution is -2.33. The number of halogens is 1. The first-order valence-corrected chi connectivity index (χ1v) is 7.55. The molecule has 1 heterocycles. The highest BCUT2D eigenvalue weighted by Crippen LogP contribution is 2.30. The molecule has 5 nitrogen and oxygen atoms in total. The van der Waals surface area contributed by atoms with Crippen LogP contribution in [0.4, 0.5) is 0 Å². The maximum absolute atomic E-state index is 11.6. The Kier molecular flexibility index (Phi) is 4.86. The summed E-state index contributed by atoms with van der Waals surface area (Å²) in [5, 5.41) is 2.69. The summed E-state index contributed by atoms with van der Waals surface area (Å²) in [6, 6.07) is 1.49. The number of hydrogen-bond donors (Lipinski definition) is 1. The van der Waals surface area contributed by atoms with Gasteiger partial charge in [0.05, 0.1) is 10.6 Å². The molecule has 0 aromatic carbocycles. The molecule has 1 aliphatic rings. The Morgan fingerprint density at radius 2 is 2.05 bits per heavy atom. The first-order chi connectivity index (χ1) is 9.51. The molecule has 20 heavy (non-hydrogen) atoms. The number of pyridine rings is 1. The molecule has 1 amide bonds. The van der Waals surface area contributed by atoms with E-state index in [4.69, 9.17) is 4.74 Å². The third-order valence-electron chi connectivity index (χ3n) is 3.73. The maximum Gasteiger partial charge on any atom is 0.254 e. The molecule has 1 N–H and O–H groups in total. The molecule has 1 aliphatic carbocycles. The number of carbonyl (C=O) groups is 1. The minimum absolute atomic E-state index is 0.0688. The van der Waals surface area contributed by atoms with Crippen LogP contribution in [0.5, 0.6) is 5.75 Å². The number of ether oxygens (including phenoxy) is 1. The van der Waals surface area contributed by atoms with E-state index in [1.165, 1.54) is 10.6 Å². The van der Waals surface area contributed by atoms with Crippen molar-refractivity contribution in [1.82, 2.24) is 9.88 Å². The van der Waals surface area contributed by atoms with Gasteiger partial charge in [-0.05, 0) is 41.6 Å². The number of nitrogens with zero attached hydrogens (tertiary/aromatic N) is 1. The van der Waals surface area contributed by atoms with Gasteiger partial charge in [0.15, 0.2) is 0 Å². The van der Waals surface area contributed by atoms with Crippen molar-refractivity contribution in [2.75, 3.05) is 7.05 Å². The van der Waals surface area contributed by atoms with Gasteiger partial charge in [0.1, 0.15) is 5.75 Å². The topological polar surface area (TPSA) is 60.3 Å². The molecule has 1 aromatic rings. The average Bonchev–Trinajstić information content (AvgIpc) is 2.44. The molecule has 0 aliphatic heterocycles. The Morgan fingerprint density at radius 3 is 2.65 bits per heavy atom. The quantitative estimate of drug-likeness (QED) is 0.911. The van der Waals surface area contributed by atoms with Crippen LogP contribution in [0.3, 0.4) is 0 Å². The zero-order valence-corrected chi connectivity index (χ0v) is 13.3. The minimum Gasteiger partial charge on any atom is -0.489 e. The fourth-order valence-electron chi connectivity index (χ4n) is 2.50. The molecule has 0 atom stereocenters. The molecule has 0 spiro atoms. The van der Waals surface area contributed by atoms with E-state index in [-0.39, 0.29) is 23.5 Å². The predicted molar refractivity (Wildman–Crippen MR) is 79.8 cm³/mol. The molecular formula is C14H19BrN2O3. The van der Waals surface area contributed by atoms with Gasteiger partial charge in [-0.15, -0.1) is 0 Å². The van der Waals surface area contributed by atoms with E-state index < -0.39 is 0 Å². The van der Waals surface area contributed by atoms with Crippen molar-refractivity contribution < 1.29 is 9.53 Å². The molecule has 6 heteroatoms. The van der Waals surface area contributed by atoms with Crippen molar-refractivity contribution in [1.29, 1.82) is 0 Å². The van der Waals surface area contributed by atoms with Crippen molar-refractivity contribution in [2.24, 2.45) is 13.0 Å². The summed E-state index contributed by atoms with van der Waals surface area (Å²) in [5.74, 6) is 0.779. The molecule has 1 fully saturated rings. The van der Waals surface area contributed by atoms with Gasteiger partial charge in [0.25, 0.3) is 5.56 Å². The summed E-state index contributed by atoms with van der Waals surface area (Å²) in [7, 11) is 3.37. The smallest absolute Gasteiger partial charge is 0.254 e. The van der Waals surface area contributed by atoms with Crippen molar-refractivity contribution in [2.45, 2.75) is 31.8 Å². The third-order valence-corrected chi connectivity index (χ3v) is 4.33. The molecule has 1 aromatic heterocycles. The number of aryl methyl sites for hydroxylation is 1. The fourth-order valence-corrected chi connectivity index (χ4v) is 3.01. The number of nitrogens with one attached hydrogen (secondary N) is 1. The van der Waals surface area contributed by atoms with Gasteiger partial charge >= 0.3 is 0 Å². The second-order valence-corrected chi connectivity index (χ2v) is 5.99. The van der Waals surface area contributed by atoms with Crippen LogP contribution in [0.25, 0.3) is 0 Å². The number of rotatable bonds is 3. The van der Waals surface area contributed by atoms with Crippen molar-refractivity contribution in [3.8, 4) is 5.75 Å². The van der Waals surface area contributed by atoms with E-state index >= 15 is 0 Å². The van der Waals surface area contributed by atoms with E-state index in [0.29, 0.717) is 5.75 Å². The highest BCUT2D eigenvalue weighted by Gasteiger charge is 2.27. The molecule has 0 saturated heterocycles. The molecular weight excluding hydrogens is 324 g/mol. The van der Waals surface area contributed by atoms with Crippen LogP contribution in [0.1, 0.15) is 25.7 Å². The normalized spacial score (nSPS) is 22.4. The highest BCUT2D eigenvalue weighted by atomic mass is 79.9. The van der Waals surface area contributed by atoms with Crippen molar-refractivity contribution in [3.63, 3.8) is 0 Å². The largest absolute Gasteiger partial charge is 0.489 e. The van der Waals surface area contributed by atoms with Crippen molar-refractivity contribution >= 4 is 21.8 Å². The van der Waals surface area contributed by atoms with E-state index in [9.17, 15) is 9.59 Å². The van der Waals surface area contributed by atoms with E-state index in [2.05, 4.69) is 21.2 Å². The van der Waals surface area contributed by atoms with Crippen molar-refractivity contribution in [3.05, 3.63) is 27.1 Å². The van der Waals surface area contributed by atoms with Crippen LogP contribution in [0.15, 0.2) is 21.5 Å². The lowest BCUT2D eigenvalue weighted by atomic mass is 9.87. The maximum atomic E-state index is 11.6. The van der Waals surface area contributed by atoms with Gasteiger partial charge < -0.3 is 14.6 Å². The Labute approximate surface area is 126 Å². The highest BCUT2D eigenvalue weighted by molar-refractivity contribution is 9.10. The number of amides is 1. The van der Waals surface area contributed by atoms with Gasteiger partial charge in [-0.1, -0.05) is 0 Å². The van der Waals surface area contributed by atoms with Gasteiger partial charge in [0, 0.05) is 32.3 Å². The summed E-state index contributed by atoms with van der Waals surface area (Å²) in [6.45, 7) is 0. The Morgan fingerprint density at radius 1 is 1.40 bits per heavy atom. The van der Waals surface area contributed by atoms with Crippen LogP contribution < -0.4 is 15.6 Å². The lowest BCUT2D eigenvalue weighted by molar-refractivity contribution is -0.125. The second-order valence-electron chi connectivity index (χ2n) is 5.14. The summed E-state index contributed by atoms with van der Waals surface area (Å²) in [6.07, 6.45) is 5.09. The van der Waals surface area contributed by atoms with Gasteiger partial charge in [-0.3, -0.25) is 9.59 Å². The molecule has 2 rings (SSSR count). The Hall–Kier alpha value is -1.30. The van der Waals surface area contributed by atoms with E-state index in [0.717, 1.165) is 30.2 Å². The number of hydrogen-bond acceptors (Lipinski definition) is 3. The van der Waals surface area contributed by atoms with Gasteiger partial charge in [-0.25, -0.2) is 0 Å². The molecule has 110 valence electrons. The van der Waals surface area contributed by atoms with Gasteiger partial charge in [-0.2, -0.15) is 0 Å². The molecule has 0 bridgehead atoms. The SMILES string of the molecule is CNC(=O)[C@H]1CC[C@H](Oc2cc(=O)n(C)cc2Br)CC1. The first kappa shape index (κ1) is 15.1. The molecule has 0 radical (unpaired) electrons. The molecule has 0 unspecified atom stereocenters. The van der Waals surface area contributed by atoms with Gasteiger partial charge in [0.2, 0.25) is 5.91 Å². The van der Waals surface area contributed by atoms with Crippen LogP contribution >= 0.6 is 15.9 Å². The summed E-state index contributed by atoms with van der Waals surface area (Å²) in [4.78, 5) is 23.2. The third kappa shape index (κ3) is 3.42. The monoisotopic (exact) mass is 342 g/mol. The Balaban J connectivity index is 1.98. The van der Waals surface area contributed by atoms with E-state index in [1.54, 1.807) is 20.3 Å². The lowest BCUT2D eigenvalue weighted by Gasteiger charge is -2.28. The summed E-state index contributed by atoms with van der Waals surface area (Å²) in [5.41, 5.74) is -0.0951. The van der Waals surface area contributed by atoms with Crippen LogP contribution in [-0.2, 0) is 11.8 Å². The number of aromatic nitrogens is 1. The number of carbonyl (C=O) groups excluding carboxylic acids is 1. The van der Waals surface area contributed by atoms with Crippen LogP contribution in [-0.4, -0.2) is 23.6 Å². The van der Waals surface area contributed by atoms with Crippen LogP contribution in [0.2, 0.25) is 0 Å². The van der Waals surface area contributed by atoms with Crippen LogP contribution in [0, 0.1) is 5.92 Å². The average molecular weight is 343 g/mol. The predicted octanol–water partition coefficient (Wildman–Crippen LogP) is 1.83. The summed E-state index contributed by atoms with van der Waals surface area (Å²) < 4.78 is 8.16. The minimum atomic E-state index is -0.0951.